The molecule has 7 heteroatoms. The van der Waals surface area contributed by atoms with Crippen molar-refractivity contribution in [3.05, 3.63) is 47.3 Å². The van der Waals surface area contributed by atoms with E-state index in [0.29, 0.717) is 12.5 Å². The van der Waals surface area contributed by atoms with Gasteiger partial charge in [-0.2, -0.15) is 0 Å². The predicted molar refractivity (Wildman–Crippen MR) is 104 cm³/mol. The maximum Gasteiger partial charge on any atom is 0.237 e. The van der Waals surface area contributed by atoms with Crippen LogP contribution in [0.3, 0.4) is 0 Å². The maximum absolute atomic E-state index is 13.1. The monoisotopic (exact) mass is 385 g/mol. The molecule has 28 heavy (non-hydrogen) atoms. The summed E-state index contributed by atoms with van der Waals surface area (Å²) in [5.41, 5.74) is 1.04. The van der Waals surface area contributed by atoms with Crippen molar-refractivity contribution in [3.8, 4) is 0 Å². The summed E-state index contributed by atoms with van der Waals surface area (Å²) in [6.45, 7) is 6.55. The number of fused-ring (bicyclic) bond motifs is 1. The van der Waals surface area contributed by atoms with Gasteiger partial charge in [0.1, 0.15) is 17.5 Å². The zero-order chi connectivity index (χ0) is 19.7. The zero-order valence-electron chi connectivity index (χ0n) is 16.6. The molecule has 1 N–H and O–H groups in total. The van der Waals surface area contributed by atoms with Gasteiger partial charge < -0.3 is 9.88 Å². The number of aryl methyl sites for hydroxylation is 1. The number of amides is 1. The minimum Gasteiger partial charge on any atom is -0.350 e. The Bertz CT molecular complexity index is 832. The van der Waals surface area contributed by atoms with Crippen molar-refractivity contribution < 1.29 is 9.18 Å². The number of benzene rings is 1. The molecule has 2 aromatic rings. The van der Waals surface area contributed by atoms with Crippen LogP contribution in [0.4, 0.5) is 4.39 Å². The smallest absolute Gasteiger partial charge is 0.237 e. The van der Waals surface area contributed by atoms with Crippen LogP contribution in [0.5, 0.6) is 0 Å². The normalized spacial score (nSPS) is 22.4. The molecule has 0 spiro atoms. The third-order valence-electron chi connectivity index (χ3n) is 5.80. The molecule has 1 amide bonds. The number of likely N-dealkylation sites (tertiary alicyclic amines) is 1. The van der Waals surface area contributed by atoms with Crippen molar-refractivity contribution in [2.75, 3.05) is 6.54 Å². The maximum atomic E-state index is 13.1. The highest BCUT2D eigenvalue weighted by atomic mass is 19.1. The molecular formula is C21H28FN5O. The standard InChI is InChI=1S/C21H28FN5O/c1-14(2)20-25-24-19-10-9-17(13-27(19)20)23-21(28)18-4-3-11-26(18)12-15-5-7-16(22)8-6-15/h5-8,14,17-18H,3-4,9-13H2,1-2H3,(H,23,28). The number of nitrogens with one attached hydrogen (secondary N) is 1. The Kier molecular flexibility index (Phi) is 5.44. The van der Waals surface area contributed by atoms with Gasteiger partial charge in [0.15, 0.2) is 0 Å². The van der Waals surface area contributed by atoms with E-state index in [1.165, 1.54) is 12.1 Å². The molecule has 1 aromatic heterocycles. The van der Waals surface area contributed by atoms with Crippen LogP contribution in [-0.2, 0) is 24.3 Å². The van der Waals surface area contributed by atoms with E-state index in [1.807, 2.05) is 0 Å². The summed E-state index contributed by atoms with van der Waals surface area (Å²) in [5.74, 6) is 2.20. The van der Waals surface area contributed by atoms with E-state index in [4.69, 9.17) is 0 Å². The molecule has 0 saturated carbocycles. The van der Waals surface area contributed by atoms with Crippen LogP contribution in [0.2, 0.25) is 0 Å². The Morgan fingerprint density at radius 1 is 1.25 bits per heavy atom. The SMILES string of the molecule is CC(C)c1nnc2n1CC(NC(=O)C1CCCN1Cc1ccc(F)cc1)CC2. The van der Waals surface area contributed by atoms with Crippen molar-refractivity contribution in [2.45, 2.75) is 70.6 Å². The highest BCUT2D eigenvalue weighted by Crippen LogP contribution is 2.23. The van der Waals surface area contributed by atoms with Crippen molar-refractivity contribution in [3.63, 3.8) is 0 Å². The quantitative estimate of drug-likeness (QED) is 0.860. The van der Waals surface area contributed by atoms with Crippen LogP contribution in [0, 0.1) is 5.82 Å². The summed E-state index contributed by atoms with van der Waals surface area (Å²) >= 11 is 0. The molecule has 0 bridgehead atoms. The number of halogens is 1. The van der Waals surface area contributed by atoms with Crippen LogP contribution in [0.25, 0.3) is 0 Å². The number of carbonyl (C=O) groups is 1. The first-order valence-corrected chi connectivity index (χ1v) is 10.2. The van der Waals surface area contributed by atoms with Gasteiger partial charge in [0.25, 0.3) is 0 Å². The van der Waals surface area contributed by atoms with Gasteiger partial charge in [0.2, 0.25) is 5.91 Å². The average molecular weight is 385 g/mol. The molecule has 0 aliphatic carbocycles. The Labute approximate surface area is 165 Å². The van der Waals surface area contributed by atoms with E-state index < -0.39 is 0 Å². The number of hydrogen-bond acceptors (Lipinski definition) is 4. The molecule has 2 aliphatic rings. The highest BCUT2D eigenvalue weighted by molar-refractivity contribution is 5.82. The summed E-state index contributed by atoms with van der Waals surface area (Å²) < 4.78 is 15.3. The van der Waals surface area contributed by atoms with Gasteiger partial charge in [-0.15, -0.1) is 10.2 Å². The number of hydrogen-bond donors (Lipinski definition) is 1. The summed E-state index contributed by atoms with van der Waals surface area (Å²) in [6, 6.07) is 6.55. The molecule has 2 aliphatic heterocycles. The molecule has 3 heterocycles. The van der Waals surface area contributed by atoms with Crippen LogP contribution in [0.15, 0.2) is 24.3 Å². The highest BCUT2D eigenvalue weighted by Gasteiger charge is 2.33. The van der Waals surface area contributed by atoms with Gasteiger partial charge in [-0.3, -0.25) is 9.69 Å². The number of aromatic nitrogens is 3. The average Bonchev–Trinajstić information content (AvgIpc) is 3.30. The van der Waals surface area contributed by atoms with Crippen molar-refractivity contribution in [1.29, 1.82) is 0 Å². The van der Waals surface area contributed by atoms with Gasteiger partial charge >= 0.3 is 0 Å². The van der Waals surface area contributed by atoms with Crippen molar-refractivity contribution in [1.82, 2.24) is 25.0 Å². The van der Waals surface area contributed by atoms with Gasteiger partial charge in [0, 0.05) is 31.5 Å². The fourth-order valence-electron chi connectivity index (χ4n) is 4.33. The second kappa shape index (κ2) is 7.99. The number of nitrogens with zero attached hydrogens (tertiary/aromatic N) is 4. The largest absolute Gasteiger partial charge is 0.350 e. The predicted octanol–water partition coefficient (Wildman–Crippen LogP) is 2.64. The minimum atomic E-state index is -0.231. The fraction of sp³-hybridized carbons (Fsp3) is 0.571. The summed E-state index contributed by atoms with van der Waals surface area (Å²) in [4.78, 5) is 15.2. The van der Waals surface area contributed by atoms with E-state index in [-0.39, 0.29) is 23.8 Å². The van der Waals surface area contributed by atoms with E-state index in [1.54, 1.807) is 12.1 Å². The minimum absolute atomic E-state index is 0.104. The second-order valence-electron chi connectivity index (χ2n) is 8.24. The lowest BCUT2D eigenvalue weighted by Gasteiger charge is -2.29. The summed E-state index contributed by atoms with van der Waals surface area (Å²) in [6.07, 6.45) is 3.62. The molecule has 4 rings (SSSR count). The van der Waals surface area contributed by atoms with Gasteiger partial charge in [-0.1, -0.05) is 26.0 Å². The molecule has 2 atom stereocenters. The Balaban J connectivity index is 1.39. The summed E-state index contributed by atoms with van der Waals surface area (Å²) in [7, 11) is 0. The first kappa shape index (κ1) is 19.1. The Hall–Kier alpha value is -2.28. The lowest BCUT2D eigenvalue weighted by atomic mass is 10.0. The molecular weight excluding hydrogens is 357 g/mol. The first-order chi connectivity index (χ1) is 13.5. The van der Waals surface area contributed by atoms with Crippen LogP contribution in [-0.4, -0.2) is 44.2 Å². The Morgan fingerprint density at radius 3 is 2.79 bits per heavy atom. The molecule has 2 unspecified atom stereocenters. The fourth-order valence-corrected chi connectivity index (χ4v) is 4.33. The van der Waals surface area contributed by atoms with E-state index >= 15 is 0 Å². The third-order valence-corrected chi connectivity index (χ3v) is 5.80. The van der Waals surface area contributed by atoms with Gasteiger partial charge in [0.05, 0.1) is 6.04 Å². The topological polar surface area (TPSA) is 63.1 Å². The molecule has 6 nitrogen and oxygen atoms in total. The van der Waals surface area contributed by atoms with Crippen LogP contribution < -0.4 is 5.32 Å². The second-order valence-corrected chi connectivity index (χ2v) is 8.24. The molecule has 1 aromatic carbocycles. The zero-order valence-corrected chi connectivity index (χ0v) is 16.6. The number of rotatable bonds is 5. The van der Waals surface area contributed by atoms with Crippen molar-refractivity contribution >= 4 is 5.91 Å². The van der Waals surface area contributed by atoms with Crippen molar-refractivity contribution in [2.24, 2.45) is 0 Å². The van der Waals surface area contributed by atoms with Crippen LogP contribution in [0.1, 0.15) is 56.2 Å². The van der Waals surface area contributed by atoms with E-state index in [2.05, 4.69) is 38.8 Å². The molecule has 1 saturated heterocycles. The molecule has 0 radical (unpaired) electrons. The molecule has 1 fully saturated rings. The van der Waals surface area contributed by atoms with Gasteiger partial charge in [-0.05, 0) is 43.5 Å². The van der Waals surface area contributed by atoms with E-state index in [0.717, 1.165) is 56.0 Å². The Morgan fingerprint density at radius 2 is 2.04 bits per heavy atom. The third kappa shape index (κ3) is 3.94. The lowest BCUT2D eigenvalue weighted by molar-refractivity contribution is -0.126. The van der Waals surface area contributed by atoms with E-state index in [9.17, 15) is 9.18 Å². The summed E-state index contributed by atoms with van der Waals surface area (Å²) in [5, 5.41) is 11.9. The van der Waals surface area contributed by atoms with Crippen LogP contribution >= 0.6 is 0 Å². The number of carbonyl (C=O) groups excluding carboxylic acids is 1. The first-order valence-electron chi connectivity index (χ1n) is 10.2. The lowest BCUT2D eigenvalue weighted by Crippen LogP contribution is -2.49. The molecule has 150 valence electrons. The van der Waals surface area contributed by atoms with Gasteiger partial charge in [-0.25, -0.2) is 4.39 Å².